The predicted molar refractivity (Wildman–Crippen MR) is 185 cm³/mol. The van der Waals surface area contributed by atoms with E-state index in [-0.39, 0.29) is 12.2 Å². The predicted octanol–water partition coefficient (Wildman–Crippen LogP) is 6.98. The second kappa shape index (κ2) is 21.7. The topological polar surface area (TPSA) is 188 Å². The fourth-order valence-electron chi connectivity index (χ4n) is 5.26. The first kappa shape index (κ1) is 41.0. The highest BCUT2D eigenvalue weighted by Gasteiger charge is 2.49. The van der Waals surface area contributed by atoms with Crippen molar-refractivity contribution < 1.29 is 49.1 Å². The number of ether oxygens (including phenoxy) is 1. The van der Waals surface area contributed by atoms with Gasteiger partial charge in [-0.1, -0.05) is 81.3 Å². The van der Waals surface area contributed by atoms with Crippen LogP contribution in [-0.4, -0.2) is 61.7 Å². The second-order valence-corrected chi connectivity index (χ2v) is 12.6. The molecule has 0 aromatic heterocycles. The lowest BCUT2D eigenvalue weighted by Gasteiger charge is -2.29. The third kappa shape index (κ3) is 15.3. The van der Waals surface area contributed by atoms with Crippen LogP contribution in [0.4, 0.5) is 0 Å². The molecule has 268 valence electrons. The van der Waals surface area contributed by atoms with E-state index in [4.69, 9.17) is 16.3 Å². The fraction of sp³-hybridized carbons (Fsp3) is 0.486. The Morgan fingerprint density at radius 3 is 1.90 bits per heavy atom. The SMILES string of the molecule is CCCCCCCC(=O)CCCCCC/C=C/C(C(=O)NC(Cc1ccc(Oc2ccc(Cl)cc2)cc1)C(=O)O)C(O)(CC(=O)O)C(=O)O. The van der Waals surface area contributed by atoms with Gasteiger partial charge in [0.1, 0.15) is 23.3 Å². The highest BCUT2D eigenvalue weighted by atomic mass is 35.5. The number of ketones is 1. The summed E-state index contributed by atoms with van der Waals surface area (Å²) in [5.74, 6) is -6.77. The number of carbonyl (C=O) groups is 5. The smallest absolute Gasteiger partial charge is 0.337 e. The van der Waals surface area contributed by atoms with E-state index in [0.29, 0.717) is 47.8 Å². The van der Waals surface area contributed by atoms with Gasteiger partial charge in [-0.05, 0) is 67.6 Å². The van der Waals surface area contributed by atoms with E-state index in [1.807, 2.05) is 0 Å². The van der Waals surface area contributed by atoms with Crippen LogP contribution in [0, 0.1) is 5.92 Å². The minimum atomic E-state index is -3.03. The van der Waals surface area contributed by atoms with Gasteiger partial charge in [-0.15, -0.1) is 0 Å². The van der Waals surface area contributed by atoms with Gasteiger partial charge in [0.2, 0.25) is 5.91 Å². The van der Waals surface area contributed by atoms with Crippen LogP contribution >= 0.6 is 11.6 Å². The van der Waals surface area contributed by atoms with E-state index in [0.717, 1.165) is 51.0 Å². The standard InChI is InChI=1S/C37H48ClNO10/c1-2-3-4-7-10-13-28(40)14-11-8-5-6-9-12-15-31(37(48,36(46)47)25-33(41)42)34(43)39-32(35(44)45)24-26-16-20-29(21-17-26)49-30-22-18-27(38)19-23-30/h12,15-23,31-32,48H,2-11,13-14,24-25H2,1H3,(H,39,43)(H,41,42)(H,44,45)(H,46,47)/b15-12+. The van der Waals surface area contributed by atoms with Gasteiger partial charge >= 0.3 is 17.9 Å². The van der Waals surface area contributed by atoms with Crippen molar-refractivity contribution in [3.05, 3.63) is 71.3 Å². The van der Waals surface area contributed by atoms with E-state index < -0.39 is 47.8 Å². The molecule has 0 aliphatic carbocycles. The molecule has 0 saturated heterocycles. The summed E-state index contributed by atoms with van der Waals surface area (Å²) >= 11 is 5.89. The second-order valence-electron chi connectivity index (χ2n) is 12.2. The highest BCUT2D eigenvalue weighted by Crippen LogP contribution is 2.27. The molecular weight excluding hydrogens is 654 g/mol. The molecular formula is C37H48ClNO10. The summed E-state index contributed by atoms with van der Waals surface area (Å²) in [4.78, 5) is 61.1. The molecule has 5 N–H and O–H groups in total. The zero-order valence-electron chi connectivity index (χ0n) is 27.9. The van der Waals surface area contributed by atoms with Gasteiger partial charge in [0.05, 0.1) is 12.3 Å². The molecule has 11 nitrogen and oxygen atoms in total. The van der Waals surface area contributed by atoms with Crippen LogP contribution in [0.5, 0.6) is 11.5 Å². The van der Waals surface area contributed by atoms with Crippen molar-refractivity contribution in [1.29, 1.82) is 0 Å². The molecule has 0 fully saturated rings. The summed E-state index contributed by atoms with van der Waals surface area (Å²) in [5.41, 5.74) is -2.52. The lowest BCUT2D eigenvalue weighted by Crippen LogP contribution is -2.55. The zero-order valence-corrected chi connectivity index (χ0v) is 28.7. The minimum absolute atomic E-state index is 0.190. The lowest BCUT2D eigenvalue weighted by molar-refractivity contribution is -0.172. The summed E-state index contributed by atoms with van der Waals surface area (Å²) in [5, 5.41) is 42.7. The van der Waals surface area contributed by atoms with Crippen molar-refractivity contribution in [2.75, 3.05) is 0 Å². The number of carboxylic acids is 3. The number of benzene rings is 2. The van der Waals surface area contributed by atoms with Crippen molar-refractivity contribution in [2.24, 2.45) is 5.92 Å². The highest BCUT2D eigenvalue weighted by molar-refractivity contribution is 6.30. The Morgan fingerprint density at radius 2 is 1.37 bits per heavy atom. The number of halogens is 1. The fourth-order valence-corrected chi connectivity index (χ4v) is 5.39. The molecule has 0 radical (unpaired) electrons. The lowest BCUT2D eigenvalue weighted by atomic mass is 9.82. The van der Waals surface area contributed by atoms with Gasteiger partial charge in [0.25, 0.3) is 0 Å². The molecule has 3 unspecified atom stereocenters. The minimum Gasteiger partial charge on any atom is -0.481 e. The van der Waals surface area contributed by atoms with Crippen molar-refractivity contribution in [2.45, 2.75) is 108 Å². The summed E-state index contributed by atoms with van der Waals surface area (Å²) in [6, 6.07) is 11.6. The molecule has 0 spiro atoms. The molecule has 3 atom stereocenters. The van der Waals surface area contributed by atoms with Crippen LogP contribution in [-0.2, 0) is 30.4 Å². The van der Waals surface area contributed by atoms with Gasteiger partial charge < -0.3 is 30.5 Å². The third-order valence-electron chi connectivity index (χ3n) is 8.08. The molecule has 0 saturated carbocycles. The van der Waals surface area contributed by atoms with Crippen LogP contribution in [0.2, 0.25) is 5.02 Å². The number of hydrogen-bond donors (Lipinski definition) is 5. The average molecular weight is 702 g/mol. The number of Topliss-reactive ketones (excluding diaryl/α,β-unsaturated/α-hetero) is 1. The number of aliphatic hydroxyl groups is 1. The normalized spacial score (nSPS) is 13.7. The van der Waals surface area contributed by atoms with Gasteiger partial charge in [-0.25, -0.2) is 9.59 Å². The van der Waals surface area contributed by atoms with Gasteiger partial charge in [0, 0.05) is 24.3 Å². The summed E-state index contributed by atoms with van der Waals surface area (Å²) in [6.07, 6.45) is 11.1. The van der Waals surface area contributed by atoms with E-state index >= 15 is 0 Å². The van der Waals surface area contributed by atoms with E-state index in [9.17, 15) is 44.4 Å². The monoisotopic (exact) mass is 701 g/mol. The van der Waals surface area contributed by atoms with Crippen LogP contribution in [0.1, 0.15) is 96.0 Å². The quantitative estimate of drug-likeness (QED) is 0.0534. The van der Waals surface area contributed by atoms with Crippen LogP contribution in [0.15, 0.2) is 60.7 Å². The third-order valence-corrected chi connectivity index (χ3v) is 8.33. The molecule has 0 aliphatic rings. The number of hydrogen-bond acceptors (Lipinski definition) is 7. The molecule has 49 heavy (non-hydrogen) atoms. The summed E-state index contributed by atoms with van der Waals surface area (Å²) in [7, 11) is 0. The number of carboxylic acid groups (broad SMARTS) is 3. The van der Waals surface area contributed by atoms with Crippen LogP contribution < -0.4 is 10.1 Å². The first-order valence-corrected chi connectivity index (χ1v) is 17.1. The first-order valence-electron chi connectivity index (χ1n) is 16.8. The number of amides is 1. The summed E-state index contributed by atoms with van der Waals surface area (Å²) < 4.78 is 5.74. The molecule has 2 aromatic carbocycles. The largest absolute Gasteiger partial charge is 0.481 e. The number of unbranched alkanes of at least 4 members (excludes halogenated alkanes) is 8. The van der Waals surface area contributed by atoms with E-state index in [2.05, 4.69) is 12.2 Å². The van der Waals surface area contributed by atoms with E-state index in [1.165, 1.54) is 12.5 Å². The maximum atomic E-state index is 13.4. The molecule has 12 heteroatoms. The Morgan fingerprint density at radius 1 is 0.816 bits per heavy atom. The van der Waals surface area contributed by atoms with Gasteiger partial charge in [-0.2, -0.15) is 0 Å². The van der Waals surface area contributed by atoms with Gasteiger partial charge in [-0.3, -0.25) is 14.4 Å². The number of nitrogens with one attached hydrogen (secondary N) is 1. The molecule has 2 rings (SSSR count). The Kier molecular flexibility index (Phi) is 18.1. The molecule has 0 bridgehead atoms. The maximum absolute atomic E-state index is 13.4. The number of aliphatic carboxylic acids is 3. The van der Waals surface area contributed by atoms with Gasteiger partial charge in [0.15, 0.2) is 5.60 Å². The average Bonchev–Trinajstić information content (AvgIpc) is 3.04. The Balaban J connectivity index is 2.01. The van der Waals surface area contributed by atoms with Crippen molar-refractivity contribution >= 4 is 41.2 Å². The molecule has 0 heterocycles. The summed E-state index contributed by atoms with van der Waals surface area (Å²) in [6.45, 7) is 2.15. The number of allylic oxidation sites excluding steroid dienone is 1. The molecule has 0 aliphatic heterocycles. The maximum Gasteiger partial charge on any atom is 0.337 e. The van der Waals surface area contributed by atoms with Crippen molar-refractivity contribution in [1.82, 2.24) is 5.32 Å². The van der Waals surface area contributed by atoms with Crippen molar-refractivity contribution in [3.8, 4) is 11.5 Å². The number of rotatable bonds is 25. The van der Waals surface area contributed by atoms with Crippen LogP contribution in [0.3, 0.4) is 0 Å². The van der Waals surface area contributed by atoms with Crippen molar-refractivity contribution in [3.63, 3.8) is 0 Å². The Hall–Kier alpha value is -4.22. The van der Waals surface area contributed by atoms with Crippen LogP contribution in [0.25, 0.3) is 0 Å². The zero-order chi connectivity index (χ0) is 36.2. The Bertz CT molecular complexity index is 1390. The molecule has 1 amide bonds. The Labute approximate surface area is 292 Å². The number of carbonyl (C=O) groups excluding carboxylic acids is 2. The van der Waals surface area contributed by atoms with E-state index in [1.54, 1.807) is 48.5 Å². The molecule has 2 aromatic rings. The first-order chi connectivity index (χ1) is 23.3.